The molecular formula is C25H19FN2O4. The highest BCUT2D eigenvalue weighted by molar-refractivity contribution is 5.88. The van der Waals surface area contributed by atoms with Gasteiger partial charge in [-0.15, -0.1) is 0 Å². The summed E-state index contributed by atoms with van der Waals surface area (Å²) in [5.41, 5.74) is 3.05. The Hall–Kier alpha value is -4.13. The summed E-state index contributed by atoms with van der Waals surface area (Å²) < 4.78 is 30.3. The van der Waals surface area contributed by atoms with Crippen molar-refractivity contribution >= 4 is 16.8 Å². The molecule has 7 heteroatoms. The van der Waals surface area contributed by atoms with Crippen LogP contribution in [0.2, 0.25) is 0 Å². The number of nitrogens with one attached hydrogen (secondary N) is 1. The number of hydrogen-bond donors (Lipinski definition) is 1. The van der Waals surface area contributed by atoms with Crippen molar-refractivity contribution in [1.82, 2.24) is 10.3 Å². The number of pyridine rings is 1. The molecule has 4 aromatic rings. The number of carbonyl (C=O) groups excluding carboxylic acids is 1. The van der Waals surface area contributed by atoms with Crippen LogP contribution in [0.4, 0.5) is 4.39 Å². The molecular weight excluding hydrogens is 411 g/mol. The summed E-state index contributed by atoms with van der Waals surface area (Å²) >= 11 is 0. The summed E-state index contributed by atoms with van der Waals surface area (Å²) in [7, 11) is 0. The average molecular weight is 430 g/mol. The molecule has 1 N–H and O–H groups in total. The van der Waals surface area contributed by atoms with Gasteiger partial charge >= 0.3 is 0 Å². The zero-order valence-electron chi connectivity index (χ0n) is 17.0. The van der Waals surface area contributed by atoms with Gasteiger partial charge in [-0.3, -0.25) is 4.79 Å². The zero-order valence-corrected chi connectivity index (χ0v) is 17.0. The second kappa shape index (κ2) is 8.55. The molecule has 160 valence electrons. The number of rotatable bonds is 6. The third kappa shape index (κ3) is 4.18. The lowest BCUT2D eigenvalue weighted by Crippen LogP contribution is -2.28. The summed E-state index contributed by atoms with van der Waals surface area (Å²) in [4.78, 5) is 17.0. The molecule has 6 nitrogen and oxygen atoms in total. The highest BCUT2D eigenvalue weighted by Gasteiger charge is 2.14. The van der Waals surface area contributed by atoms with E-state index in [2.05, 4.69) is 10.3 Å². The van der Waals surface area contributed by atoms with Gasteiger partial charge in [0.25, 0.3) is 5.91 Å². The minimum atomic E-state index is -0.399. The quantitative estimate of drug-likeness (QED) is 0.489. The van der Waals surface area contributed by atoms with E-state index in [9.17, 15) is 9.18 Å². The van der Waals surface area contributed by atoms with E-state index in [0.29, 0.717) is 40.4 Å². The highest BCUT2D eigenvalue weighted by Crippen LogP contribution is 2.33. The molecule has 0 unspecified atom stereocenters. The summed E-state index contributed by atoms with van der Waals surface area (Å²) in [6.07, 6.45) is 0. The Balaban J connectivity index is 1.31. The van der Waals surface area contributed by atoms with Crippen LogP contribution in [0.5, 0.6) is 17.2 Å². The summed E-state index contributed by atoms with van der Waals surface area (Å²) in [5, 5.41) is 3.32. The monoisotopic (exact) mass is 430 g/mol. The molecule has 0 atom stereocenters. The molecule has 32 heavy (non-hydrogen) atoms. The molecule has 0 aliphatic carbocycles. The number of ether oxygens (including phenoxy) is 3. The third-order valence-electron chi connectivity index (χ3n) is 5.09. The molecule has 1 aliphatic heterocycles. The van der Waals surface area contributed by atoms with Crippen molar-refractivity contribution in [3.05, 3.63) is 84.2 Å². The van der Waals surface area contributed by atoms with Crippen molar-refractivity contribution in [2.24, 2.45) is 0 Å². The molecule has 0 bridgehead atoms. The van der Waals surface area contributed by atoms with E-state index in [4.69, 9.17) is 14.2 Å². The van der Waals surface area contributed by atoms with Crippen LogP contribution in [0.15, 0.2) is 72.8 Å². The number of carbonyl (C=O) groups is 1. The van der Waals surface area contributed by atoms with Crippen molar-refractivity contribution in [3.8, 4) is 28.5 Å². The largest absolute Gasteiger partial charge is 0.483 e. The standard InChI is InChI=1S/C25H19FN2O4/c26-18-7-8-20-19(11-18)23(12-21(28-20)17-4-2-1-3-5-17)30-14-25(29)27-13-16-6-9-22-24(10-16)32-15-31-22/h1-12H,13-15H2,(H,27,29). The van der Waals surface area contributed by atoms with Crippen molar-refractivity contribution in [2.45, 2.75) is 6.54 Å². The molecule has 5 rings (SSSR count). The van der Waals surface area contributed by atoms with Crippen molar-refractivity contribution in [3.63, 3.8) is 0 Å². The van der Waals surface area contributed by atoms with E-state index < -0.39 is 5.82 Å². The Labute approximate surface area is 183 Å². The van der Waals surface area contributed by atoms with Crippen LogP contribution in [0.3, 0.4) is 0 Å². The van der Waals surface area contributed by atoms with Gasteiger partial charge < -0.3 is 19.5 Å². The second-order valence-electron chi connectivity index (χ2n) is 7.29. The molecule has 0 fully saturated rings. The third-order valence-corrected chi connectivity index (χ3v) is 5.09. The fourth-order valence-corrected chi connectivity index (χ4v) is 3.49. The number of benzene rings is 3. The van der Waals surface area contributed by atoms with Gasteiger partial charge in [-0.1, -0.05) is 36.4 Å². The van der Waals surface area contributed by atoms with Crippen LogP contribution < -0.4 is 19.5 Å². The SMILES string of the molecule is O=C(COc1cc(-c2ccccc2)nc2ccc(F)cc12)NCc1ccc2c(c1)OCO2. The Kier molecular flexibility index (Phi) is 5.29. The maximum absolute atomic E-state index is 13.9. The average Bonchev–Trinajstić information content (AvgIpc) is 3.29. The molecule has 1 aliphatic rings. The fourth-order valence-electron chi connectivity index (χ4n) is 3.49. The van der Waals surface area contributed by atoms with Gasteiger partial charge in [0.05, 0.1) is 11.2 Å². The van der Waals surface area contributed by atoms with Crippen molar-refractivity contribution in [2.75, 3.05) is 13.4 Å². The van der Waals surface area contributed by atoms with E-state index in [1.807, 2.05) is 48.5 Å². The zero-order chi connectivity index (χ0) is 21.9. The van der Waals surface area contributed by atoms with Gasteiger partial charge in [-0.2, -0.15) is 0 Å². The molecule has 0 saturated heterocycles. The predicted molar refractivity (Wildman–Crippen MR) is 117 cm³/mol. The Morgan fingerprint density at radius 3 is 2.72 bits per heavy atom. The number of fused-ring (bicyclic) bond motifs is 2. The van der Waals surface area contributed by atoms with E-state index in [-0.39, 0.29) is 19.3 Å². The molecule has 2 heterocycles. The Morgan fingerprint density at radius 1 is 1.00 bits per heavy atom. The number of nitrogens with zero attached hydrogens (tertiary/aromatic N) is 1. The first-order valence-electron chi connectivity index (χ1n) is 10.1. The molecule has 3 aromatic carbocycles. The summed E-state index contributed by atoms with van der Waals surface area (Å²) in [6.45, 7) is 0.304. The number of halogens is 1. The van der Waals surface area contributed by atoms with E-state index in [1.54, 1.807) is 12.1 Å². The molecule has 0 radical (unpaired) electrons. The van der Waals surface area contributed by atoms with Gasteiger partial charge in [0.1, 0.15) is 11.6 Å². The van der Waals surface area contributed by atoms with Crippen LogP contribution in [0, 0.1) is 5.82 Å². The second-order valence-corrected chi connectivity index (χ2v) is 7.29. The first-order chi connectivity index (χ1) is 15.7. The topological polar surface area (TPSA) is 69.7 Å². The first kappa shape index (κ1) is 19.8. The van der Waals surface area contributed by atoms with Gasteiger partial charge in [-0.25, -0.2) is 9.37 Å². The van der Waals surface area contributed by atoms with Gasteiger partial charge in [0.15, 0.2) is 18.1 Å². The fraction of sp³-hybridized carbons (Fsp3) is 0.120. The van der Waals surface area contributed by atoms with Gasteiger partial charge in [0, 0.05) is 23.6 Å². The van der Waals surface area contributed by atoms with E-state index in [0.717, 1.165) is 11.1 Å². The maximum Gasteiger partial charge on any atom is 0.258 e. The summed E-state index contributed by atoms with van der Waals surface area (Å²) in [5.74, 6) is 1.04. The van der Waals surface area contributed by atoms with Crippen LogP contribution in [-0.2, 0) is 11.3 Å². The number of hydrogen-bond acceptors (Lipinski definition) is 5. The number of amides is 1. The maximum atomic E-state index is 13.9. The smallest absolute Gasteiger partial charge is 0.258 e. The minimum Gasteiger partial charge on any atom is -0.483 e. The first-order valence-corrected chi connectivity index (χ1v) is 10.1. The molecule has 0 spiro atoms. The molecule has 0 saturated carbocycles. The van der Waals surface area contributed by atoms with Crippen LogP contribution in [0.1, 0.15) is 5.56 Å². The highest BCUT2D eigenvalue weighted by atomic mass is 19.1. The lowest BCUT2D eigenvalue weighted by molar-refractivity contribution is -0.123. The van der Waals surface area contributed by atoms with Crippen LogP contribution in [-0.4, -0.2) is 24.3 Å². The molecule has 1 aromatic heterocycles. The van der Waals surface area contributed by atoms with Crippen molar-refractivity contribution in [1.29, 1.82) is 0 Å². The van der Waals surface area contributed by atoms with E-state index >= 15 is 0 Å². The van der Waals surface area contributed by atoms with Crippen LogP contribution >= 0.6 is 0 Å². The van der Waals surface area contributed by atoms with Gasteiger partial charge in [-0.05, 0) is 35.9 Å². The Morgan fingerprint density at radius 2 is 1.84 bits per heavy atom. The van der Waals surface area contributed by atoms with Crippen LogP contribution in [0.25, 0.3) is 22.2 Å². The van der Waals surface area contributed by atoms with E-state index in [1.165, 1.54) is 12.1 Å². The minimum absolute atomic E-state index is 0.199. The number of aromatic nitrogens is 1. The van der Waals surface area contributed by atoms with Crippen molar-refractivity contribution < 1.29 is 23.4 Å². The summed E-state index contributed by atoms with van der Waals surface area (Å²) in [6, 6.07) is 21.1. The lowest BCUT2D eigenvalue weighted by Gasteiger charge is -2.12. The lowest BCUT2D eigenvalue weighted by atomic mass is 10.1. The Bertz CT molecular complexity index is 1290. The molecule has 1 amide bonds. The van der Waals surface area contributed by atoms with Gasteiger partial charge in [0.2, 0.25) is 6.79 Å². The normalized spacial score (nSPS) is 12.0. The predicted octanol–water partition coefficient (Wildman–Crippen LogP) is 4.46.